The number of carboxylic acid groups (broad SMARTS) is 1. The van der Waals surface area contributed by atoms with Gasteiger partial charge in [-0.1, -0.05) is 17.7 Å². The minimum absolute atomic E-state index is 0.194. The second kappa shape index (κ2) is 6.78. The molecule has 2 aromatic rings. The summed E-state index contributed by atoms with van der Waals surface area (Å²) < 4.78 is 0. The molecule has 5 nitrogen and oxygen atoms in total. The number of nitrogens with one attached hydrogen (secondary N) is 1. The van der Waals surface area contributed by atoms with E-state index in [4.69, 9.17) is 16.7 Å². The van der Waals surface area contributed by atoms with Crippen molar-refractivity contribution < 1.29 is 9.90 Å². The number of aromatic amines is 1. The number of aromatic nitrogens is 2. The summed E-state index contributed by atoms with van der Waals surface area (Å²) in [7, 11) is 0. The fraction of sp³-hybridized carbons (Fsp3) is 0.214. The molecule has 0 atom stereocenters. The molecule has 1 aromatic carbocycles. The van der Waals surface area contributed by atoms with Crippen LogP contribution < -0.4 is 5.56 Å². The summed E-state index contributed by atoms with van der Waals surface area (Å²) in [6.45, 7) is 1.64. The first-order valence-corrected chi connectivity index (χ1v) is 7.51. The van der Waals surface area contributed by atoms with Crippen molar-refractivity contribution >= 4 is 29.3 Å². The van der Waals surface area contributed by atoms with Crippen LogP contribution in [0.5, 0.6) is 0 Å². The number of aryl methyl sites for hydroxylation is 1. The molecule has 0 saturated carbocycles. The third-order valence-corrected chi connectivity index (χ3v) is 4.01. The lowest BCUT2D eigenvalue weighted by molar-refractivity contribution is -0.136. The lowest BCUT2D eigenvalue weighted by Crippen LogP contribution is -2.21. The van der Waals surface area contributed by atoms with Crippen LogP contribution >= 0.6 is 23.4 Å². The maximum absolute atomic E-state index is 11.9. The van der Waals surface area contributed by atoms with Crippen LogP contribution in [0.2, 0.25) is 5.02 Å². The van der Waals surface area contributed by atoms with E-state index < -0.39 is 11.5 Å². The van der Waals surface area contributed by atoms with Gasteiger partial charge in [0.15, 0.2) is 0 Å². The number of rotatable bonds is 5. The van der Waals surface area contributed by atoms with Crippen LogP contribution in [0, 0.1) is 6.92 Å². The molecule has 1 aromatic heterocycles. The second-order valence-electron chi connectivity index (χ2n) is 4.39. The molecule has 2 rings (SSSR count). The first-order chi connectivity index (χ1) is 9.95. The summed E-state index contributed by atoms with van der Waals surface area (Å²) in [5, 5.41) is 9.41. The van der Waals surface area contributed by atoms with Gasteiger partial charge in [-0.05, 0) is 25.1 Å². The van der Waals surface area contributed by atoms with Crippen LogP contribution in [0.1, 0.15) is 17.1 Å². The van der Waals surface area contributed by atoms with Crippen LogP contribution in [-0.4, -0.2) is 21.0 Å². The van der Waals surface area contributed by atoms with Crippen molar-refractivity contribution in [3.63, 3.8) is 0 Å². The van der Waals surface area contributed by atoms with Gasteiger partial charge < -0.3 is 10.1 Å². The second-order valence-corrected chi connectivity index (χ2v) is 5.88. The van der Waals surface area contributed by atoms with Gasteiger partial charge in [0.1, 0.15) is 5.82 Å². The van der Waals surface area contributed by atoms with E-state index in [9.17, 15) is 9.59 Å². The number of aliphatic carboxylic acids is 1. The maximum Gasteiger partial charge on any atom is 0.308 e. The Hall–Kier alpha value is -1.79. The van der Waals surface area contributed by atoms with Crippen molar-refractivity contribution in [2.24, 2.45) is 0 Å². The number of halogens is 1. The van der Waals surface area contributed by atoms with Crippen molar-refractivity contribution in [3.05, 3.63) is 56.7 Å². The number of H-pyrrole nitrogens is 1. The predicted molar refractivity (Wildman–Crippen MR) is 81.9 cm³/mol. The highest BCUT2D eigenvalue weighted by Crippen LogP contribution is 2.23. The zero-order valence-corrected chi connectivity index (χ0v) is 12.8. The van der Waals surface area contributed by atoms with Gasteiger partial charge >= 0.3 is 5.97 Å². The first-order valence-electron chi connectivity index (χ1n) is 6.14. The van der Waals surface area contributed by atoms with Crippen molar-refractivity contribution in [1.29, 1.82) is 0 Å². The number of carboxylic acids is 1. The Balaban J connectivity index is 2.15. The average Bonchev–Trinajstić information content (AvgIpc) is 2.40. The van der Waals surface area contributed by atoms with Crippen molar-refractivity contribution in [2.45, 2.75) is 24.0 Å². The Morgan fingerprint density at radius 3 is 2.86 bits per heavy atom. The molecule has 1 heterocycles. The minimum Gasteiger partial charge on any atom is -0.481 e. The van der Waals surface area contributed by atoms with Gasteiger partial charge in [0.2, 0.25) is 0 Å². The van der Waals surface area contributed by atoms with Crippen molar-refractivity contribution in [1.82, 2.24) is 9.97 Å². The Kier molecular flexibility index (Phi) is 5.03. The molecule has 21 heavy (non-hydrogen) atoms. The third kappa shape index (κ3) is 4.34. The molecule has 0 aliphatic heterocycles. The molecule has 0 fully saturated rings. The molecule has 0 unspecified atom stereocenters. The van der Waals surface area contributed by atoms with Gasteiger partial charge in [-0.25, -0.2) is 4.98 Å². The number of carbonyl (C=O) groups is 1. The van der Waals surface area contributed by atoms with E-state index >= 15 is 0 Å². The van der Waals surface area contributed by atoms with E-state index in [1.54, 1.807) is 13.0 Å². The highest BCUT2D eigenvalue weighted by molar-refractivity contribution is 7.98. The normalized spacial score (nSPS) is 10.6. The van der Waals surface area contributed by atoms with Crippen LogP contribution in [0.3, 0.4) is 0 Å². The highest BCUT2D eigenvalue weighted by atomic mass is 35.5. The Morgan fingerprint density at radius 1 is 1.48 bits per heavy atom. The summed E-state index contributed by atoms with van der Waals surface area (Å²) in [6, 6.07) is 7.38. The number of thioether (sulfide) groups is 1. The molecular formula is C14H13ClN2O3S. The summed E-state index contributed by atoms with van der Waals surface area (Å²) in [4.78, 5) is 30.4. The molecule has 0 aliphatic rings. The van der Waals surface area contributed by atoms with Crippen LogP contribution in [0.4, 0.5) is 0 Å². The largest absolute Gasteiger partial charge is 0.481 e. The van der Waals surface area contributed by atoms with E-state index in [-0.39, 0.29) is 12.0 Å². The third-order valence-electron chi connectivity index (χ3n) is 2.77. The molecule has 0 aliphatic carbocycles. The van der Waals surface area contributed by atoms with Crippen LogP contribution in [-0.2, 0) is 17.0 Å². The highest BCUT2D eigenvalue weighted by Gasteiger charge is 2.11. The smallest absolute Gasteiger partial charge is 0.308 e. The molecule has 0 saturated heterocycles. The Labute approximate surface area is 130 Å². The van der Waals surface area contributed by atoms with Crippen molar-refractivity contribution in [2.75, 3.05) is 0 Å². The Bertz CT molecular complexity index is 730. The summed E-state index contributed by atoms with van der Waals surface area (Å²) in [5.41, 5.74) is 0.244. The summed E-state index contributed by atoms with van der Waals surface area (Å²) in [6.07, 6.45) is -0.324. The number of hydrogen-bond acceptors (Lipinski definition) is 4. The van der Waals surface area contributed by atoms with Crippen LogP contribution in [0.25, 0.3) is 0 Å². The zero-order chi connectivity index (χ0) is 15.4. The lowest BCUT2D eigenvalue weighted by atomic mass is 10.2. The Morgan fingerprint density at radius 2 is 2.24 bits per heavy atom. The quantitative estimate of drug-likeness (QED) is 0.826. The lowest BCUT2D eigenvalue weighted by Gasteiger charge is -2.06. The molecule has 0 spiro atoms. The van der Waals surface area contributed by atoms with E-state index in [0.29, 0.717) is 22.3 Å². The summed E-state index contributed by atoms with van der Waals surface area (Å²) >= 11 is 7.40. The van der Waals surface area contributed by atoms with E-state index in [0.717, 1.165) is 4.90 Å². The van der Waals surface area contributed by atoms with E-state index in [1.807, 2.05) is 18.2 Å². The van der Waals surface area contributed by atoms with Gasteiger partial charge in [-0.15, -0.1) is 11.8 Å². The predicted octanol–water partition coefficient (Wildman–Crippen LogP) is 2.65. The maximum atomic E-state index is 11.9. The average molecular weight is 325 g/mol. The van der Waals surface area contributed by atoms with Gasteiger partial charge in [-0.2, -0.15) is 0 Å². The van der Waals surface area contributed by atoms with Crippen LogP contribution in [0.15, 0.2) is 34.0 Å². The molecule has 7 heteroatoms. The van der Waals surface area contributed by atoms with Gasteiger partial charge in [0, 0.05) is 21.2 Å². The van der Waals surface area contributed by atoms with E-state index in [2.05, 4.69) is 9.97 Å². The van der Waals surface area contributed by atoms with Gasteiger partial charge in [-0.3, -0.25) is 9.59 Å². The monoisotopic (exact) mass is 324 g/mol. The fourth-order valence-electron chi connectivity index (χ4n) is 1.80. The molecule has 2 N–H and O–H groups in total. The van der Waals surface area contributed by atoms with Gasteiger partial charge in [0.25, 0.3) is 5.56 Å². The van der Waals surface area contributed by atoms with E-state index in [1.165, 1.54) is 11.8 Å². The van der Waals surface area contributed by atoms with Gasteiger partial charge in [0.05, 0.1) is 12.2 Å². The number of hydrogen-bond donors (Lipinski definition) is 2. The minimum atomic E-state index is -1.05. The van der Waals surface area contributed by atoms with Crippen molar-refractivity contribution in [3.8, 4) is 0 Å². The molecular weight excluding hydrogens is 312 g/mol. The summed E-state index contributed by atoms with van der Waals surface area (Å²) in [5.74, 6) is -0.0629. The first kappa shape index (κ1) is 15.6. The molecule has 110 valence electrons. The standard InChI is InChI=1S/C14H13ClN2O3S/c1-8-11(6-13(18)19)14(20)17-12(16-8)7-21-10-4-2-3-9(15)5-10/h2-5H,6-7H2,1H3,(H,18,19)(H,16,17,20). The number of benzene rings is 1. The zero-order valence-electron chi connectivity index (χ0n) is 11.2. The topological polar surface area (TPSA) is 83.0 Å². The molecule has 0 bridgehead atoms. The SMILES string of the molecule is Cc1nc(CSc2cccc(Cl)c2)[nH]c(=O)c1CC(=O)O. The fourth-order valence-corrected chi connectivity index (χ4v) is 2.89. The number of nitrogens with zero attached hydrogens (tertiary/aromatic N) is 1. The molecule has 0 amide bonds. The molecule has 0 radical (unpaired) electrons.